The van der Waals surface area contributed by atoms with Gasteiger partial charge >= 0.3 is 0 Å². The maximum absolute atomic E-state index is 9.78. The molecule has 3 heteroatoms. The van der Waals surface area contributed by atoms with Gasteiger partial charge in [0.15, 0.2) is 0 Å². The minimum atomic E-state index is -0.282. The Balaban J connectivity index is 2.33. The van der Waals surface area contributed by atoms with E-state index in [4.69, 9.17) is 10.5 Å². The lowest BCUT2D eigenvalue weighted by Gasteiger charge is -2.29. The van der Waals surface area contributed by atoms with Gasteiger partial charge in [-0.1, -0.05) is 6.92 Å². The van der Waals surface area contributed by atoms with Gasteiger partial charge in [-0.25, -0.2) is 0 Å². The lowest BCUT2D eigenvalue weighted by molar-refractivity contribution is -0.0281. The Labute approximate surface area is 73.9 Å². The average Bonchev–Trinajstić information content (AvgIpc) is 2.17. The lowest BCUT2D eigenvalue weighted by Crippen LogP contribution is -2.36. The van der Waals surface area contributed by atoms with Crippen molar-refractivity contribution in [3.8, 4) is 0 Å². The highest BCUT2D eigenvalue weighted by atomic mass is 16.5. The van der Waals surface area contributed by atoms with Crippen molar-refractivity contribution in [1.29, 1.82) is 0 Å². The fourth-order valence-corrected chi connectivity index (χ4v) is 1.64. The predicted molar refractivity (Wildman–Crippen MR) is 47.8 cm³/mol. The first-order valence-corrected chi connectivity index (χ1v) is 4.71. The predicted octanol–water partition coefficient (Wildman–Crippen LogP) is 0.369. The number of aliphatic hydroxyl groups is 1. The summed E-state index contributed by atoms with van der Waals surface area (Å²) in [5.74, 6) is 0.494. The Hall–Kier alpha value is -0.120. The smallest absolute Gasteiger partial charge is 0.0627 e. The van der Waals surface area contributed by atoms with Crippen LogP contribution < -0.4 is 5.73 Å². The van der Waals surface area contributed by atoms with Gasteiger partial charge in [0.1, 0.15) is 0 Å². The van der Waals surface area contributed by atoms with Crippen LogP contribution in [0, 0.1) is 11.8 Å². The fraction of sp³-hybridized carbons (Fsp3) is 1.00. The minimum Gasteiger partial charge on any atom is -0.392 e. The average molecular weight is 173 g/mol. The number of ether oxygens (including phenoxy) is 1. The zero-order valence-electron chi connectivity index (χ0n) is 7.70. The highest BCUT2D eigenvalue weighted by molar-refractivity contribution is 4.76. The van der Waals surface area contributed by atoms with Crippen molar-refractivity contribution in [3.63, 3.8) is 0 Å². The molecule has 0 aliphatic carbocycles. The van der Waals surface area contributed by atoms with Crippen molar-refractivity contribution in [1.82, 2.24) is 0 Å². The van der Waals surface area contributed by atoms with Gasteiger partial charge in [0.2, 0.25) is 0 Å². The van der Waals surface area contributed by atoms with E-state index >= 15 is 0 Å². The summed E-state index contributed by atoms with van der Waals surface area (Å²) in [5.41, 5.74) is 5.48. The fourth-order valence-electron chi connectivity index (χ4n) is 1.64. The molecule has 1 rings (SSSR count). The van der Waals surface area contributed by atoms with Crippen molar-refractivity contribution >= 4 is 0 Å². The van der Waals surface area contributed by atoms with Gasteiger partial charge in [0.05, 0.1) is 12.7 Å². The van der Waals surface area contributed by atoms with E-state index in [-0.39, 0.29) is 12.0 Å². The van der Waals surface area contributed by atoms with Crippen LogP contribution in [0.1, 0.15) is 19.8 Å². The normalized spacial score (nSPS) is 29.8. The topological polar surface area (TPSA) is 55.5 Å². The van der Waals surface area contributed by atoms with Crippen LogP contribution in [0.3, 0.4) is 0 Å². The molecule has 12 heavy (non-hydrogen) atoms. The van der Waals surface area contributed by atoms with E-state index in [1.54, 1.807) is 0 Å². The molecule has 0 amide bonds. The van der Waals surface area contributed by atoms with Crippen molar-refractivity contribution < 1.29 is 9.84 Å². The van der Waals surface area contributed by atoms with E-state index in [2.05, 4.69) is 0 Å². The first-order valence-electron chi connectivity index (χ1n) is 4.71. The molecule has 3 unspecified atom stereocenters. The van der Waals surface area contributed by atoms with Crippen LogP contribution in [-0.4, -0.2) is 31.0 Å². The molecule has 0 aromatic carbocycles. The first-order chi connectivity index (χ1) is 5.75. The highest BCUT2D eigenvalue weighted by Gasteiger charge is 2.25. The Morgan fingerprint density at radius 3 is 2.92 bits per heavy atom. The van der Waals surface area contributed by atoms with Gasteiger partial charge in [0, 0.05) is 12.5 Å². The standard InChI is InChI=1S/C9H19NO2/c1-7(5-10)9(11)8-3-2-4-12-6-8/h7-9,11H,2-6,10H2,1H3. The van der Waals surface area contributed by atoms with Crippen LogP contribution in [0.15, 0.2) is 0 Å². The molecule has 0 spiro atoms. The van der Waals surface area contributed by atoms with Crippen LogP contribution in [0.5, 0.6) is 0 Å². The number of hydrogen-bond donors (Lipinski definition) is 2. The Kier molecular flexibility index (Phi) is 3.98. The van der Waals surface area contributed by atoms with E-state index in [0.29, 0.717) is 19.1 Å². The van der Waals surface area contributed by atoms with Crippen LogP contribution >= 0.6 is 0 Å². The monoisotopic (exact) mass is 173 g/mol. The third kappa shape index (κ3) is 2.44. The molecule has 0 bridgehead atoms. The molecule has 3 atom stereocenters. The molecule has 3 N–H and O–H groups in total. The van der Waals surface area contributed by atoms with Gasteiger partial charge in [-0.05, 0) is 25.3 Å². The van der Waals surface area contributed by atoms with Gasteiger partial charge < -0.3 is 15.6 Å². The summed E-state index contributed by atoms with van der Waals surface area (Å²) >= 11 is 0. The molecule has 1 fully saturated rings. The number of rotatable bonds is 3. The van der Waals surface area contributed by atoms with E-state index < -0.39 is 0 Å². The summed E-state index contributed by atoms with van der Waals surface area (Å²) in [6.45, 7) is 4.09. The molecular formula is C9H19NO2. The first kappa shape index (κ1) is 9.96. The summed E-state index contributed by atoms with van der Waals surface area (Å²) in [4.78, 5) is 0. The molecule has 72 valence electrons. The van der Waals surface area contributed by atoms with Crippen LogP contribution in [-0.2, 0) is 4.74 Å². The molecule has 0 aromatic heterocycles. The van der Waals surface area contributed by atoms with E-state index in [1.165, 1.54) is 0 Å². The van der Waals surface area contributed by atoms with Crippen molar-refractivity contribution in [3.05, 3.63) is 0 Å². The maximum Gasteiger partial charge on any atom is 0.0627 e. The Morgan fingerprint density at radius 1 is 1.67 bits per heavy atom. The Bertz CT molecular complexity index is 124. The van der Waals surface area contributed by atoms with Gasteiger partial charge in [-0.15, -0.1) is 0 Å². The second-order valence-corrected chi connectivity index (χ2v) is 3.68. The van der Waals surface area contributed by atoms with E-state index in [9.17, 15) is 5.11 Å². The SMILES string of the molecule is CC(CN)C(O)C1CCCOC1. The van der Waals surface area contributed by atoms with Crippen LogP contribution in [0.4, 0.5) is 0 Å². The molecule has 1 saturated heterocycles. The second-order valence-electron chi connectivity index (χ2n) is 3.68. The number of aliphatic hydroxyl groups excluding tert-OH is 1. The number of hydrogen-bond acceptors (Lipinski definition) is 3. The minimum absolute atomic E-state index is 0.191. The third-order valence-electron chi connectivity index (χ3n) is 2.63. The van der Waals surface area contributed by atoms with Crippen LogP contribution in [0.2, 0.25) is 0 Å². The molecule has 1 heterocycles. The van der Waals surface area contributed by atoms with Gasteiger partial charge in [0.25, 0.3) is 0 Å². The molecule has 0 radical (unpaired) electrons. The maximum atomic E-state index is 9.78. The summed E-state index contributed by atoms with van der Waals surface area (Å²) in [7, 11) is 0. The molecule has 0 aromatic rings. The zero-order chi connectivity index (χ0) is 8.97. The van der Waals surface area contributed by atoms with E-state index in [1.807, 2.05) is 6.92 Å². The van der Waals surface area contributed by atoms with Crippen molar-refractivity contribution in [2.75, 3.05) is 19.8 Å². The van der Waals surface area contributed by atoms with E-state index in [0.717, 1.165) is 19.4 Å². The zero-order valence-corrected chi connectivity index (χ0v) is 7.70. The molecule has 1 aliphatic rings. The molecule has 1 aliphatic heterocycles. The quantitative estimate of drug-likeness (QED) is 0.648. The van der Waals surface area contributed by atoms with Gasteiger partial charge in [-0.2, -0.15) is 0 Å². The summed E-state index contributed by atoms with van der Waals surface area (Å²) in [6, 6.07) is 0. The second kappa shape index (κ2) is 4.80. The van der Waals surface area contributed by atoms with Crippen LogP contribution in [0.25, 0.3) is 0 Å². The van der Waals surface area contributed by atoms with Crippen molar-refractivity contribution in [2.45, 2.75) is 25.9 Å². The molecule has 3 nitrogen and oxygen atoms in total. The summed E-state index contributed by atoms with van der Waals surface area (Å²) in [5, 5.41) is 9.78. The Morgan fingerprint density at radius 2 is 2.42 bits per heavy atom. The van der Waals surface area contributed by atoms with Gasteiger partial charge in [-0.3, -0.25) is 0 Å². The number of nitrogens with two attached hydrogens (primary N) is 1. The third-order valence-corrected chi connectivity index (χ3v) is 2.63. The van der Waals surface area contributed by atoms with Crippen molar-refractivity contribution in [2.24, 2.45) is 17.6 Å². The lowest BCUT2D eigenvalue weighted by atomic mass is 9.88. The highest BCUT2D eigenvalue weighted by Crippen LogP contribution is 2.21. The summed E-state index contributed by atoms with van der Waals surface area (Å²) in [6.07, 6.45) is 1.86. The molecular weight excluding hydrogens is 154 g/mol. The largest absolute Gasteiger partial charge is 0.392 e. The summed E-state index contributed by atoms with van der Waals surface area (Å²) < 4.78 is 5.30. The molecule has 0 saturated carbocycles.